The summed E-state index contributed by atoms with van der Waals surface area (Å²) in [6.07, 6.45) is 4.83. The first kappa shape index (κ1) is 13.0. The predicted molar refractivity (Wildman–Crippen MR) is 73.8 cm³/mol. The molecule has 0 saturated carbocycles. The zero-order valence-electron chi connectivity index (χ0n) is 10.9. The van der Waals surface area contributed by atoms with Gasteiger partial charge in [0.2, 0.25) is 11.9 Å². The van der Waals surface area contributed by atoms with E-state index in [0.29, 0.717) is 11.7 Å². The quantitative estimate of drug-likeness (QED) is 0.732. The Kier molecular flexibility index (Phi) is 3.44. The summed E-state index contributed by atoms with van der Waals surface area (Å²) in [5, 5.41) is 9.11. The smallest absolute Gasteiger partial charge is 0.328 e. The summed E-state index contributed by atoms with van der Waals surface area (Å²) in [7, 11) is 0. The third kappa shape index (κ3) is 2.95. The fraction of sp³-hybridized carbons (Fsp3) is 0.0769. The lowest BCUT2D eigenvalue weighted by Crippen LogP contribution is -2.06. The van der Waals surface area contributed by atoms with E-state index in [1.54, 1.807) is 47.6 Å². The van der Waals surface area contributed by atoms with Crippen molar-refractivity contribution in [3.8, 4) is 17.7 Å². The highest BCUT2D eigenvalue weighted by atomic mass is 16.5. The number of rotatable bonds is 4. The van der Waals surface area contributed by atoms with E-state index in [0.717, 1.165) is 5.56 Å². The molecule has 2 heterocycles. The second-order valence-electron chi connectivity index (χ2n) is 4.15. The summed E-state index contributed by atoms with van der Waals surface area (Å²) >= 11 is 0. The number of hydrogen-bond donors (Lipinski definition) is 2. The van der Waals surface area contributed by atoms with Gasteiger partial charge in [-0.3, -0.25) is 4.57 Å². The Morgan fingerprint density at radius 2 is 2.14 bits per heavy atom. The van der Waals surface area contributed by atoms with Gasteiger partial charge in [0.15, 0.2) is 0 Å². The molecule has 21 heavy (non-hydrogen) atoms. The zero-order chi connectivity index (χ0) is 14.7. The minimum atomic E-state index is -0.0726. The average molecular weight is 284 g/mol. The minimum absolute atomic E-state index is 0.0435. The third-order valence-corrected chi connectivity index (χ3v) is 2.65. The number of aromatic nitrogens is 5. The second-order valence-corrected chi connectivity index (χ2v) is 4.15. The van der Waals surface area contributed by atoms with Crippen LogP contribution in [0.2, 0.25) is 0 Å². The Hall–Kier alpha value is -3.00. The highest BCUT2D eigenvalue weighted by Gasteiger charge is 2.08. The summed E-state index contributed by atoms with van der Waals surface area (Å²) in [6.45, 7) is -0.0726. The lowest BCUT2D eigenvalue weighted by Gasteiger charge is -2.07. The van der Waals surface area contributed by atoms with Crippen LogP contribution < -0.4 is 10.5 Å². The Bertz CT molecular complexity index is 744. The molecule has 8 heteroatoms. The van der Waals surface area contributed by atoms with Crippen LogP contribution in [0.1, 0.15) is 5.56 Å². The van der Waals surface area contributed by atoms with Crippen LogP contribution in [0.4, 0.5) is 5.95 Å². The van der Waals surface area contributed by atoms with Gasteiger partial charge in [-0.15, -0.1) is 0 Å². The first-order chi connectivity index (χ1) is 10.2. The molecule has 1 aromatic carbocycles. The summed E-state index contributed by atoms with van der Waals surface area (Å²) in [5.74, 6) is 0.860. The number of anilines is 1. The molecule has 0 radical (unpaired) electrons. The monoisotopic (exact) mass is 284 g/mol. The fourth-order valence-electron chi connectivity index (χ4n) is 1.71. The highest BCUT2D eigenvalue weighted by Crippen LogP contribution is 2.20. The molecule has 0 atom stereocenters. The van der Waals surface area contributed by atoms with Crippen LogP contribution >= 0.6 is 0 Å². The van der Waals surface area contributed by atoms with Crippen LogP contribution in [0.15, 0.2) is 43.0 Å². The summed E-state index contributed by atoms with van der Waals surface area (Å²) in [5.41, 5.74) is 6.39. The van der Waals surface area contributed by atoms with Crippen LogP contribution in [0, 0.1) is 0 Å². The van der Waals surface area contributed by atoms with Gasteiger partial charge in [0.05, 0.1) is 6.61 Å². The molecule has 3 N–H and O–H groups in total. The molecule has 0 spiro atoms. The van der Waals surface area contributed by atoms with Crippen molar-refractivity contribution in [1.82, 2.24) is 24.5 Å². The standard InChI is InChI=1S/C13H12N6O2/c14-11-16-12(19-5-4-15-8-19)18-13(17-11)21-10-3-1-2-9(6-10)7-20/h1-6,8,20H,7H2,(H2,14,16,17,18). The van der Waals surface area contributed by atoms with Crippen molar-refractivity contribution in [3.05, 3.63) is 48.5 Å². The molecule has 0 bridgehead atoms. The van der Waals surface area contributed by atoms with Crippen LogP contribution in [0.5, 0.6) is 11.8 Å². The van der Waals surface area contributed by atoms with Crippen LogP contribution in [-0.4, -0.2) is 29.6 Å². The molecule has 0 saturated heterocycles. The number of hydrogen-bond acceptors (Lipinski definition) is 7. The number of nitrogen functional groups attached to an aromatic ring is 1. The molecule has 3 aromatic rings. The van der Waals surface area contributed by atoms with Crippen LogP contribution in [0.25, 0.3) is 5.95 Å². The third-order valence-electron chi connectivity index (χ3n) is 2.65. The van der Waals surface area contributed by atoms with Gasteiger partial charge in [-0.2, -0.15) is 15.0 Å². The number of nitrogens with two attached hydrogens (primary N) is 1. The molecule has 2 aromatic heterocycles. The summed E-state index contributed by atoms with van der Waals surface area (Å²) in [6, 6.07) is 7.04. The van der Waals surface area contributed by atoms with E-state index in [2.05, 4.69) is 19.9 Å². The van der Waals surface area contributed by atoms with Gasteiger partial charge in [0.25, 0.3) is 0 Å². The van der Waals surface area contributed by atoms with Gasteiger partial charge >= 0.3 is 6.01 Å². The molecule has 0 aliphatic carbocycles. The molecule has 3 rings (SSSR count). The van der Waals surface area contributed by atoms with Crippen molar-refractivity contribution in [1.29, 1.82) is 0 Å². The van der Waals surface area contributed by atoms with E-state index in [4.69, 9.17) is 15.6 Å². The Morgan fingerprint density at radius 1 is 1.24 bits per heavy atom. The minimum Gasteiger partial charge on any atom is -0.424 e. The van der Waals surface area contributed by atoms with Crippen molar-refractivity contribution in [2.24, 2.45) is 0 Å². The van der Waals surface area contributed by atoms with Gasteiger partial charge in [-0.05, 0) is 17.7 Å². The maximum Gasteiger partial charge on any atom is 0.328 e. The first-order valence-electron chi connectivity index (χ1n) is 6.12. The normalized spacial score (nSPS) is 10.5. The van der Waals surface area contributed by atoms with E-state index < -0.39 is 0 Å². The summed E-state index contributed by atoms with van der Waals surface area (Å²) in [4.78, 5) is 16.0. The van der Waals surface area contributed by atoms with E-state index in [1.165, 1.54) is 0 Å². The Labute approximate surface area is 119 Å². The average Bonchev–Trinajstić information content (AvgIpc) is 3.01. The largest absolute Gasteiger partial charge is 0.424 e. The van der Waals surface area contributed by atoms with Crippen molar-refractivity contribution in [2.75, 3.05) is 5.73 Å². The lowest BCUT2D eigenvalue weighted by molar-refractivity contribution is 0.281. The van der Waals surface area contributed by atoms with Gasteiger partial charge in [0.1, 0.15) is 12.1 Å². The Balaban J connectivity index is 1.91. The topological polar surface area (TPSA) is 112 Å². The van der Waals surface area contributed by atoms with Crippen LogP contribution in [0.3, 0.4) is 0 Å². The van der Waals surface area contributed by atoms with Crippen LogP contribution in [-0.2, 0) is 6.61 Å². The predicted octanol–water partition coefficient (Wildman–Crippen LogP) is 0.924. The van der Waals surface area contributed by atoms with Crippen molar-refractivity contribution < 1.29 is 9.84 Å². The van der Waals surface area contributed by atoms with E-state index in [1.807, 2.05) is 0 Å². The van der Waals surface area contributed by atoms with Crippen molar-refractivity contribution in [3.63, 3.8) is 0 Å². The SMILES string of the molecule is Nc1nc(Oc2cccc(CO)c2)nc(-n2ccnc2)n1. The van der Waals surface area contributed by atoms with Crippen molar-refractivity contribution in [2.45, 2.75) is 6.61 Å². The van der Waals surface area contributed by atoms with Gasteiger partial charge in [-0.25, -0.2) is 4.98 Å². The van der Waals surface area contributed by atoms with Gasteiger partial charge in [0, 0.05) is 12.4 Å². The second kappa shape index (κ2) is 5.55. The van der Waals surface area contributed by atoms with E-state index in [9.17, 15) is 0 Å². The maximum atomic E-state index is 9.11. The first-order valence-corrected chi connectivity index (χ1v) is 6.12. The maximum absolute atomic E-state index is 9.11. The van der Waals surface area contributed by atoms with E-state index >= 15 is 0 Å². The molecule has 106 valence electrons. The molecule has 0 aliphatic heterocycles. The lowest BCUT2D eigenvalue weighted by atomic mass is 10.2. The number of benzene rings is 1. The fourth-order valence-corrected chi connectivity index (χ4v) is 1.71. The molecule has 0 unspecified atom stereocenters. The molecular formula is C13H12N6O2. The number of imidazole rings is 1. The van der Waals surface area contributed by atoms with Crippen molar-refractivity contribution >= 4 is 5.95 Å². The number of aliphatic hydroxyl groups is 1. The van der Waals surface area contributed by atoms with Gasteiger partial charge < -0.3 is 15.6 Å². The molecule has 0 aliphatic rings. The number of aliphatic hydroxyl groups excluding tert-OH is 1. The molecule has 8 nitrogen and oxygen atoms in total. The van der Waals surface area contributed by atoms with Gasteiger partial charge in [-0.1, -0.05) is 12.1 Å². The Morgan fingerprint density at radius 3 is 2.90 bits per heavy atom. The molecular weight excluding hydrogens is 272 g/mol. The zero-order valence-corrected chi connectivity index (χ0v) is 10.9. The molecule has 0 fully saturated rings. The summed E-state index contributed by atoms with van der Waals surface area (Å²) < 4.78 is 7.15. The molecule has 0 amide bonds. The number of ether oxygens (including phenoxy) is 1. The van der Waals surface area contributed by atoms with E-state index in [-0.39, 0.29) is 18.6 Å². The highest BCUT2D eigenvalue weighted by molar-refractivity contribution is 5.32. The number of nitrogens with zero attached hydrogens (tertiary/aromatic N) is 5.